The van der Waals surface area contributed by atoms with Crippen LogP contribution in [0.3, 0.4) is 0 Å². The van der Waals surface area contributed by atoms with E-state index in [1.54, 1.807) is 0 Å². The van der Waals surface area contributed by atoms with Crippen molar-refractivity contribution in [2.75, 3.05) is 6.54 Å². The predicted molar refractivity (Wildman–Crippen MR) is 71.2 cm³/mol. The molecule has 1 aromatic rings. The number of aromatic nitrogens is 3. The molecular weight excluding hydrogens is 260 g/mol. The van der Waals surface area contributed by atoms with Crippen molar-refractivity contribution >= 4 is 11.9 Å². The van der Waals surface area contributed by atoms with Crippen LogP contribution in [0, 0.1) is 11.8 Å². The molecule has 110 valence electrons. The molecule has 1 saturated carbocycles. The van der Waals surface area contributed by atoms with E-state index in [4.69, 9.17) is 5.11 Å². The zero-order valence-corrected chi connectivity index (χ0v) is 11.6. The van der Waals surface area contributed by atoms with Crippen LogP contribution in [0.2, 0.25) is 0 Å². The number of aliphatic carboxylic acids is 1. The number of carboxylic acid groups (broad SMARTS) is 1. The summed E-state index contributed by atoms with van der Waals surface area (Å²) in [5, 5.41) is 18.3. The van der Waals surface area contributed by atoms with Gasteiger partial charge in [-0.3, -0.25) is 14.7 Å². The molecule has 3 N–H and O–H groups in total. The molecule has 0 saturated heterocycles. The van der Waals surface area contributed by atoms with Gasteiger partial charge in [0, 0.05) is 13.0 Å². The quantitative estimate of drug-likeness (QED) is 0.745. The number of nitrogens with one attached hydrogen (secondary N) is 2. The fourth-order valence-electron chi connectivity index (χ4n) is 2.48. The first-order valence-electron chi connectivity index (χ1n) is 7.02. The van der Waals surface area contributed by atoms with Crippen LogP contribution in [0.5, 0.6) is 0 Å². The Morgan fingerprint density at radius 3 is 2.60 bits per heavy atom. The van der Waals surface area contributed by atoms with Crippen molar-refractivity contribution in [1.29, 1.82) is 0 Å². The summed E-state index contributed by atoms with van der Waals surface area (Å²) >= 11 is 0. The molecular formula is C13H20N4O3. The van der Waals surface area contributed by atoms with Gasteiger partial charge in [-0.25, -0.2) is 4.98 Å². The van der Waals surface area contributed by atoms with E-state index in [-0.39, 0.29) is 17.6 Å². The molecule has 1 aliphatic rings. The number of rotatable bonds is 5. The highest BCUT2D eigenvalue weighted by Crippen LogP contribution is 2.28. The zero-order valence-electron chi connectivity index (χ0n) is 11.6. The van der Waals surface area contributed by atoms with Crippen molar-refractivity contribution in [2.45, 2.75) is 39.0 Å². The van der Waals surface area contributed by atoms with E-state index in [1.807, 2.05) is 6.92 Å². The smallest absolute Gasteiger partial charge is 0.306 e. The van der Waals surface area contributed by atoms with E-state index in [0.717, 1.165) is 12.8 Å². The summed E-state index contributed by atoms with van der Waals surface area (Å²) < 4.78 is 0. The SMILES string of the molecule is CCc1nc(C(=O)NCC2CCC(C(=O)O)CC2)n[nH]1. The summed E-state index contributed by atoms with van der Waals surface area (Å²) in [6.45, 7) is 2.49. The van der Waals surface area contributed by atoms with Gasteiger partial charge in [-0.2, -0.15) is 0 Å². The Balaban J connectivity index is 1.75. The molecule has 0 bridgehead atoms. The predicted octanol–water partition coefficient (Wildman–Crippen LogP) is 0.988. The minimum absolute atomic E-state index is 0.168. The highest BCUT2D eigenvalue weighted by atomic mass is 16.4. The molecule has 1 aliphatic carbocycles. The van der Waals surface area contributed by atoms with Gasteiger partial charge in [0.2, 0.25) is 5.82 Å². The molecule has 20 heavy (non-hydrogen) atoms. The van der Waals surface area contributed by atoms with E-state index in [2.05, 4.69) is 20.5 Å². The Hall–Kier alpha value is -1.92. The van der Waals surface area contributed by atoms with Gasteiger partial charge in [-0.05, 0) is 31.6 Å². The van der Waals surface area contributed by atoms with Crippen LogP contribution in [-0.4, -0.2) is 38.7 Å². The summed E-state index contributed by atoms with van der Waals surface area (Å²) in [6.07, 6.45) is 3.77. The highest BCUT2D eigenvalue weighted by molar-refractivity contribution is 5.90. The van der Waals surface area contributed by atoms with Gasteiger partial charge in [0.1, 0.15) is 5.82 Å². The number of carboxylic acids is 1. The molecule has 0 aromatic carbocycles. The van der Waals surface area contributed by atoms with Crippen LogP contribution < -0.4 is 5.32 Å². The standard InChI is InChI=1S/C13H20N4O3/c1-2-10-15-11(17-16-10)12(18)14-7-8-3-5-9(6-4-8)13(19)20/h8-9H,2-7H2,1H3,(H,14,18)(H,19,20)(H,15,16,17). The van der Waals surface area contributed by atoms with E-state index in [0.29, 0.717) is 37.5 Å². The van der Waals surface area contributed by atoms with Crippen LogP contribution in [-0.2, 0) is 11.2 Å². The largest absolute Gasteiger partial charge is 0.481 e. The Morgan fingerprint density at radius 2 is 2.05 bits per heavy atom. The maximum atomic E-state index is 11.8. The fraction of sp³-hybridized carbons (Fsp3) is 0.692. The number of hydrogen-bond donors (Lipinski definition) is 3. The molecule has 0 radical (unpaired) electrons. The van der Waals surface area contributed by atoms with Crippen LogP contribution >= 0.6 is 0 Å². The third-order valence-corrected chi connectivity index (χ3v) is 3.82. The first-order valence-corrected chi connectivity index (χ1v) is 7.02. The number of aromatic amines is 1. The number of nitrogens with zero attached hydrogens (tertiary/aromatic N) is 2. The number of hydrogen-bond acceptors (Lipinski definition) is 4. The lowest BCUT2D eigenvalue weighted by Crippen LogP contribution is -2.33. The van der Waals surface area contributed by atoms with Crippen molar-refractivity contribution in [3.05, 3.63) is 11.6 Å². The Kier molecular flexibility index (Phi) is 4.70. The maximum Gasteiger partial charge on any atom is 0.306 e. The number of aryl methyl sites for hydroxylation is 1. The molecule has 1 aromatic heterocycles. The topological polar surface area (TPSA) is 108 Å². The molecule has 2 rings (SSSR count). The van der Waals surface area contributed by atoms with Crippen LogP contribution in [0.15, 0.2) is 0 Å². The molecule has 7 heteroatoms. The van der Waals surface area contributed by atoms with E-state index < -0.39 is 5.97 Å². The maximum absolute atomic E-state index is 11.8. The molecule has 1 fully saturated rings. The van der Waals surface area contributed by atoms with Crippen LogP contribution in [0.4, 0.5) is 0 Å². The van der Waals surface area contributed by atoms with Crippen LogP contribution in [0.1, 0.15) is 49.1 Å². The summed E-state index contributed by atoms with van der Waals surface area (Å²) in [6, 6.07) is 0. The normalized spacial score (nSPS) is 22.4. The second-order valence-electron chi connectivity index (χ2n) is 5.23. The van der Waals surface area contributed by atoms with Gasteiger partial charge in [-0.1, -0.05) is 6.92 Å². The van der Waals surface area contributed by atoms with Gasteiger partial charge >= 0.3 is 5.97 Å². The lowest BCUT2D eigenvalue weighted by atomic mass is 9.82. The van der Waals surface area contributed by atoms with Crippen molar-refractivity contribution in [2.24, 2.45) is 11.8 Å². The fourth-order valence-corrected chi connectivity index (χ4v) is 2.48. The monoisotopic (exact) mass is 280 g/mol. The van der Waals surface area contributed by atoms with Crippen LogP contribution in [0.25, 0.3) is 0 Å². The highest BCUT2D eigenvalue weighted by Gasteiger charge is 2.26. The van der Waals surface area contributed by atoms with E-state index in [9.17, 15) is 9.59 Å². The molecule has 7 nitrogen and oxygen atoms in total. The average molecular weight is 280 g/mol. The molecule has 1 amide bonds. The third kappa shape index (κ3) is 3.55. The van der Waals surface area contributed by atoms with Crippen molar-refractivity contribution < 1.29 is 14.7 Å². The second-order valence-corrected chi connectivity index (χ2v) is 5.23. The summed E-state index contributed by atoms with van der Waals surface area (Å²) in [5.41, 5.74) is 0. The first kappa shape index (κ1) is 14.5. The number of carbonyl (C=O) groups excluding carboxylic acids is 1. The van der Waals surface area contributed by atoms with Gasteiger partial charge in [0.25, 0.3) is 5.91 Å². The molecule has 0 atom stereocenters. The minimum atomic E-state index is -0.708. The molecule has 1 heterocycles. The molecule has 0 aliphatic heterocycles. The minimum Gasteiger partial charge on any atom is -0.481 e. The Morgan fingerprint density at radius 1 is 1.35 bits per heavy atom. The number of H-pyrrole nitrogens is 1. The lowest BCUT2D eigenvalue weighted by Gasteiger charge is -2.25. The summed E-state index contributed by atoms with van der Waals surface area (Å²) in [4.78, 5) is 26.8. The van der Waals surface area contributed by atoms with Gasteiger partial charge in [0.05, 0.1) is 5.92 Å². The van der Waals surface area contributed by atoms with Gasteiger partial charge in [0.15, 0.2) is 0 Å². The van der Waals surface area contributed by atoms with Gasteiger partial charge < -0.3 is 10.4 Å². The zero-order chi connectivity index (χ0) is 14.5. The van der Waals surface area contributed by atoms with Crippen molar-refractivity contribution in [3.63, 3.8) is 0 Å². The third-order valence-electron chi connectivity index (χ3n) is 3.82. The average Bonchev–Trinajstić information content (AvgIpc) is 2.94. The van der Waals surface area contributed by atoms with Gasteiger partial charge in [-0.15, -0.1) is 5.10 Å². The molecule has 0 unspecified atom stereocenters. The lowest BCUT2D eigenvalue weighted by molar-refractivity contribution is -0.143. The first-order chi connectivity index (χ1) is 9.60. The van der Waals surface area contributed by atoms with Crippen molar-refractivity contribution in [1.82, 2.24) is 20.5 Å². The number of carbonyl (C=O) groups is 2. The second kappa shape index (κ2) is 6.49. The molecule has 0 spiro atoms. The number of amides is 1. The Bertz CT molecular complexity index is 478. The summed E-state index contributed by atoms with van der Waals surface area (Å²) in [7, 11) is 0. The summed E-state index contributed by atoms with van der Waals surface area (Å²) in [5.74, 6) is 0.000933. The Labute approximate surface area is 117 Å². The van der Waals surface area contributed by atoms with E-state index in [1.165, 1.54) is 0 Å². The van der Waals surface area contributed by atoms with E-state index >= 15 is 0 Å². The van der Waals surface area contributed by atoms with Crippen molar-refractivity contribution in [3.8, 4) is 0 Å².